The van der Waals surface area contributed by atoms with Crippen molar-refractivity contribution >= 4 is 5.97 Å². The molecule has 0 saturated heterocycles. The Bertz CT molecular complexity index is 366. The fourth-order valence-corrected chi connectivity index (χ4v) is 2.62. The van der Waals surface area contributed by atoms with Crippen LogP contribution in [-0.2, 0) is 4.79 Å². The Morgan fingerprint density at radius 2 is 1.76 bits per heavy atom. The predicted octanol–water partition coefficient (Wildman–Crippen LogP) is 2.86. The number of aliphatic carboxylic acids is 1. The van der Waals surface area contributed by atoms with E-state index in [0.29, 0.717) is 0 Å². The Kier molecular flexibility index (Phi) is 8.31. The fraction of sp³-hybridized carbons (Fsp3) is 0.706. The molecule has 0 bridgehead atoms. The van der Waals surface area contributed by atoms with Crippen LogP contribution >= 0.6 is 0 Å². The van der Waals surface area contributed by atoms with Crippen molar-refractivity contribution in [1.82, 2.24) is 10.6 Å². The fourth-order valence-electron chi connectivity index (χ4n) is 2.62. The Hall–Kier alpha value is -1.13. The van der Waals surface area contributed by atoms with Crippen molar-refractivity contribution in [2.24, 2.45) is 0 Å². The number of unbranched alkanes of at least 4 members (excludes halogenated alkanes) is 4. The molecular weight excluding hydrogens is 264 g/mol. The van der Waals surface area contributed by atoms with Crippen molar-refractivity contribution in [3.05, 3.63) is 24.3 Å². The number of nitrogens with one attached hydrogen (secondary N) is 2. The smallest absolute Gasteiger partial charge is 0.329 e. The zero-order valence-corrected chi connectivity index (χ0v) is 13.4. The lowest BCUT2D eigenvalue weighted by Crippen LogP contribution is -2.63. The number of allylic oxidation sites excluding steroid dienone is 2. The van der Waals surface area contributed by atoms with Gasteiger partial charge in [-0.15, -0.1) is 0 Å². The predicted molar refractivity (Wildman–Crippen MR) is 87.5 cm³/mol. The lowest BCUT2D eigenvalue weighted by molar-refractivity contribution is -0.143. The molecule has 1 aliphatic carbocycles. The van der Waals surface area contributed by atoms with Gasteiger partial charge in [-0.1, -0.05) is 63.8 Å². The molecule has 0 spiro atoms. The minimum atomic E-state index is -1.02. The van der Waals surface area contributed by atoms with Crippen LogP contribution < -0.4 is 10.6 Å². The van der Waals surface area contributed by atoms with Crippen LogP contribution in [0.3, 0.4) is 0 Å². The van der Waals surface area contributed by atoms with Gasteiger partial charge in [-0.2, -0.15) is 0 Å². The third-order valence-electron chi connectivity index (χ3n) is 3.96. The molecule has 0 aromatic carbocycles. The molecule has 1 aliphatic rings. The summed E-state index contributed by atoms with van der Waals surface area (Å²) in [6.07, 6.45) is 14.2. The molecule has 0 aliphatic heterocycles. The summed E-state index contributed by atoms with van der Waals surface area (Å²) in [7, 11) is 0. The molecule has 0 saturated carbocycles. The Morgan fingerprint density at radius 3 is 2.38 bits per heavy atom. The van der Waals surface area contributed by atoms with Crippen LogP contribution in [0.4, 0.5) is 0 Å². The largest absolute Gasteiger partial charge is 0.480 e. The zero-order valence-electron chi connectivity index (χ0n) is 13.4. The van der Waals surface area contributed by atoms with Crippen LogP contribution in [0.5, 0.6) is 0 Å². The van der Waals surface area contributed by atoms with E-state index in [2.05, 4.69) is 24.5 Å². The van der Waals surface area contributed by atoms with E-state index in [1.807, 2.05) is 18.2 Å². The minimum absolute atomic E-state index is 0.196. The quantitative estimate of drug-likeness (QED) is 0.513. The van der Waals surface area contributed by atoms with E-state index < -0.39 is 11.5 Å². The normalized spacial score (nSPS) is 24.4. The van der Waals surface area contributed by atoms with E-state index in [1.54, 1.807) is 6.08 Å². The van der Waals surface area contributed by atoms with Crippen molar-refractivity contribution < 1.29 is 9.90 Å². The molecule has 0 fully saturated rings. The third kappa shape index (κ3) is 5.29. The molecular formula is C17H30N2O2. The molecule has 3 N–H and O–H groups in total. The maximum Gasteiger partial charge on any atom is 0.329 e. The second-order valence-corrected chi connectivity index (χ2v) is 5.69. The van der Waals surface area contributed by atoms with Gasteiger partial charge < -0.3 is 10.4 Å². The van der Waals surface area contributed by atoms with Gasteiger partial charge >= 0.3 is 5.97 Å². The van der Waals surface area contributed by atoms with Crippen molar-refractivity contribution in [2.45, 2.75) is 64.0 Å². The lowest BCUT2D eigenvalue weighted by atomic mass is 9.85. The van der Waals surface area contributed by atoms with Gasteiger partial charge in [0.15, 0.2) is 5.54 Å². The maximum absolute atomic E-state index is 11.9. The standard InChI is InChI=1S/C17H30N2O2/c1-3-5-9-13-18-15-11-7-8-12-17(15,16(20)21)19-14-10-6-4-2/h7-8,11-12,15,18-19H,3-6,9-10,13-14H2,1-2H3,(H,20,21). The first kappa shape index (κ1) is 17.9. The van der Waals surface area contributed by atoms with Gasteiger partial charge in [-0.25, -0.2) is 4.79 Å². The first-order valence-electron chi connectivity index (χ1n) is 8.25. The SMILES string of the molecule is CCCCCNC1C=CC=CC1(NCCCCC)C(=O)O. The molecule has 120 valence electrons. The summed E-state index contributed by atoms with van der Waals surface area (Å²) in [6, 6.07) is -0.196. The number of carboxylic acid groups (broad SMARTS) is 1. The molecule has 0 radical (unpaired) electrons. The highest BCUT2D eigenvalue weighted by molar-refractivity contribution is 5.84. The third-order valence-corrected chi connectivity index (χ3v) is 3.96. The van der Waals surface area contributed by atoms with E-state index in [-0.39, 0.29) is 6.04 Å². The molecule has 21 heavy (non-hydrogen) atoms. The van der Waals surface area contributed by atoms with Crippen LogP contribution in [0.15, 0.2) is 24.3 Å². The van der Waals surface area contributed by atoms with Crippen molar-refractivity contribution in [3.8, 4) is 0 Å². The number of carboxylic acids is 1. The highest BCUT2D eigenvalue weighted by Crippen LogP contribution is 2.20. The second-order valence-electron chi connectivity index (χ2n) is 5.69. The summed E-state index contributed by atoms with van der Waals surface area (Å²) >= 11 is 0. The molecule has 2 atom stereocenters. The minimum Gasteiger partial charge on any atom is -0.480 e. The van der Waals surface area contributed by atoms with Gasteiger partial charge in [0.2, 0.25) is 0 Å². The van der Waals surface area contributed by atoms with Crippen molar-refractivity contribution in [1.29, 1.82) is 0 Å². The van der Waals surface area contributed by atoms with Crippen LogP contribution in [0.1, 0.15) is 52.4 Å². The molecule has 0 heterocycles. The summed E-state index contributed by atoms with van der Waals surface area (Å²) in [4.78, 5) is 11.9. The second kappa shape index (κ2) is 9.74. The highest BCUT2D eigenvalue weighted by atomic mass is 16.4. The van der Waals surface area contributed by atoms with E-state index >= 15 is 0 Å². The van der Waals surface area contributed by atoms with Crippen LogP contribution in [-0.4, -0.2) is 35.7 Å². The highest BCUT2D eigenvalue weighted by Gasteiger charge is 2.42. The van der Waals surface area contributed by atoms with Crippen molar-refractivity contribution in [3.63, 3.8) is 0 Å². The molecule has 0 amide bonds. The van der Waals surface area contributed by atoms with Crippen LogP contribution in [0, 0.1) is 0 Å². The lowest BCUT2D eigenvalue weighted by Gasteiger charge is -2.36. The molecule has 4 nitrogen and oxygen atoms in total. The van der Waals surface area contributed by atoms with Gasteiger partial charge in [0.1, 0.15) is 0 Å². The van der Waals surface area contributed by atoms with Gasteiger partial charge in [-0.3, -0.25) is 5.32 Å². The maximum atomic E-state index is 11.9. The van der Waals surface area contributed by atoms with Gasteiger partial charge in [-0.05, 0) is 25.9 Å². The summed E-state index contributed by atoms with van der Waals surface area (Å²) < 4.78 is 0. The summed E-state index contributed by atoms with van der Waals surface area (Å²) in [5.41, 5.74) is -1.02. The Balaban J connectivity index is 2.64. The zero-order chi connectivity index (χ0) is 15.6. The topological polar surface area (TPSA) is 61.4 Å². The van der Waals surface area contributed by atoms with E-state index in [4.69, 9.17) is 0 Å². The van der Waals surface area contributed by atoms with E-state index in [9.17, 15) is 9.90 Å². The molecule has 2 unspecified atom stereocenters. The van der Waals surface area contributed by atoms with Crippen molar-refractivity contribution in [2.75, 3.05) is 13.1 Å². The van der Waals surface area contributed by atoms with Gasteiger partial charge in [0, 0.05) is 0 Å². The summed E-state index contributed by atoms with van der Waals surface area (Å²) in [6.45, 7) is 5.89. The van der Waals surface area contributed by atoms with Gasteiger partial charge in [0.05, 0.1) is 6.04 Å². The number of hydrogen-bond acceptors (Lipinski definition) is 3. The molecule has 0 aromatic rings. The van der Waals surface area contributed by atoms with Gasteiger partial charge in [0.25, 0.3) is 0 Å². The summed E-state index contributed by atoms with van der Waals surface area (Å²) in [5, 5.41) is 16.4. The Morgan fingerprint density at radius 1 is 1.10 bits per heavy atom. The van der Waals surface area contributed by atoms with Crippen LogP contribution in [0.2, 0.25) is 0 Å². The van der Waals surface area contributed by atoms with Crippen LogP contribution in [0.25, 0.3) is 0 Å². The van der Waals surface area contributed by atoms with E-state index in [0.717, 1.165) is 38.8 Å². The number of rotatable bonds is 11. The Labute approximate surface area is 128 Å². The monoisotopic (exact) mass is 294 g/mol. The summed E-state index contributed by atoms with van der Waals surface area (Å²) in [5.74, 6) is -0.812. The first-order chi connectivity index (χ1) is 10.2. The number of carbonyl (C=O) groups is 1. The molecule has 0 aromatic heterocycles. The average molecular weight is 294 g/mol. The average Bonchev–Trinajstić information content (AvgIpc) is 2.49. The first-order valence-corrected chi connectivity index (χ1v) is 8.25. The molecule has 4 heteroatoms. The molecule has 1 rings (SSSR count). The number of hydrogen-bond donors (Lipinski definition) is 3. The van der Waals surface area contributed by atoms with E-state index in [1.165, 1.54) is 12.8 Å².